The lowest BCUT2D eigenvalue weighted by Crippen LogP contribution is -2.52. The predicted molar refractivity (Wildman–Crippen MR) is 83.5 cm³/mol. The highest BCUT2D eigenvalue weighted by atomic mass is 35.5. The van der Waals surface area contributed by atoms with Crippen LogP contribution in [0.3, 0.4) is 0 Å². The third-order valence-electron chi connectivity index (χ3n) is 3.41. The quantitative estimate of drug-likeness (QED) is 0.620. The Morgan fingerprint density at radius 3 is 2.04 bits per heavy atom. The maximum atomic E-state index is 12.2. The summed E-state index contributed by atoms with van der Waals surface area (Å²) >= 11 is 6.11. The van der Waals surface area contributed by atoms with Crippen molar-refractivity contribution >= 4 is 35.5 Å². The normalized spacial score (nSPS) is 15.2. The van der Waals surface area contributed by atoms with Crippen molar-refractivity contribution in [2.45, 2.75) is 0 Å². The van der Waals surface area contributed by atoms with Crippen LogP contribution in [0.2, 0.25) is 5.02 Å². The molecule has 0 saturated carbocycles. The van der Waals surface area contributed by atoms with Crippen LogP contribution in [0.1, 0.15) is 5.56 Å². The van der Waals surface area contributed by atoms with Gasteiger partial charge in [0.15, 0.2) is 11.5 Å². The van der Waals surface area contributed by atoms with Gasteiger partial charge >= 0.3 is 6.03 Å². The monoisotopic (exact) mass is 338 g/mol. The topological polar surface area (TPSA) is 76.2 Å². The molecule has 0 N–H and O–H groups in total. The molecule has 8 heteroatoms. The van der Waals surface area contributed by atoms with Crippen molar-refractivity contribution < 1.29 is 23.9 Å². The molecule has 0 radical (unpaired) electrons. The summed E-state index contributed by atoms with van der Waals surface area (Å²) in [6.45, 7) is 0. The molecule has 0 bridgehead atoms. The molecule has 1 aromatic carbocycles. The number of likely N-dealkylation sites (N-methyl/N-ethyl adjacent to an activating group) is 2. The summed E-state index contributed by atoms with van der Waals surface area (Å²) in [5.41, 5.74) is 0.332. The van der Waals surface area contributed by atoms with Crippen LogP contribution in [-0.4, -0.2) is 56.0 Å². The second kappa shape index (κ2) is 6.29. The standard InChI is InChI=1S/C15H15ClN2O5/c1-17-13(19)9(14(20)18(2)15(17)21)5-8-6-10(16)12(23-4)11(7-8)22-3/h5-7H,1-4H3. The van der Waals surface area contributed by atoms with Gasteiger partial charge in [-0.15, -0.1) is 0 Å². The highest BCUT2D eigenvalue weighted by Gasteiger charge is 2.37. The van der Waals surface area contributed by atoms with Crippen LogP contribution in [-0.2, 0) is 9.59 Å². The zero-order valence-corrected chi connectivity index (χ0v) is 13.8. The molecule has 0 unspecified atom stereocenters. The van der Waals surface area contributed by atoms with Gasteiger partial charge in [0.25, 0.3) is 11.8 Å². The average Bonchev–Trinajstić information content (AvgIpc) is 2.54. The Kier molecular flexibility index (Phi) is 4.60. The number of rotatable bonds is 3. The van der Waals surface area contributed by atoms with Crippen LogP contribution >= 0.6 is 11.6 Å². The van der Waals surface area contributed by atoms with Crippen LogP contribution in [0.25, 0.3) is 6.08 Å². The Bertz CT molecular complexity index is 703. The Balaban J connectivity index is 2.53. The van der Waals surface area contributed by atoms with Gasteiger partial charge in [-0.25, -0.2) is 4.79 Å². The van der Waals surface area contributed by atoms with Gasteiger partial charge in [0.05, 0.1) is 19.2 Å². The van der Waals surface area contributed by atoms with Crippen LogP contribution in [0.15, 0.2) is 17.7 Å². The number of carbonyl (C=O) groups excluding carboxylic acids is 3. The SMILES string of the molecule is COc1cc(C=C2C(=O)N(C)C(=O)N(C)C2=O)cc(Cl)c1OC. The van der Waals surface area contributed by atoms with Crippen LogP contribution in [0.5, 0.6) is 11.5 Å². The molecule has 1 aromatic rings. The molecule has 1 fully saturated rings. The number of carbonyl (C=O) groups is 3. The molecule has 0 aromatic heterocycles. The number of nitrogens with zero attached hydrogens (tertiary/aromatic N) is 2. The Morgan fingerprint density at radius 2 is 1.57 bits per heavy atom. The Hall–Kier alpha value is -2.54. The highest BCUT2D eigenvalue weighted by Crippen LogP contribution is 2.36. The van der Waals surface area contributed by atoms with E-state index >= 15 is 0 Å². The molecule has 122 valence electrons. The van der Waals surface area contributed by atoms with E-state index in [2.05, 4.69) is 0 Å². The first-order valence-corrected chi connectivity index (χ1v) is 6.92. The lowest BCUT2D eigenvalue weighted by Gasteiger charge is -2.28. The molecule has 0 spiro atoms. The summed E-state index contributed by atoms with van der Waals surface area (Å²) in [5.74, 6) is -0.643. The molecule has 4 amide bonds. The molecular formula is C15H15ClN2O5. The fraction of sp³-hybridized carbons (Fsp3) is 0.267. The van der Waals surface area contributed by atoms with E-state index in [0.29, 0.717) is 17.1 Å². The maximum absolute atomic E-state index is 12.2. The van der Waals surface area contributed by atoms with E-state index in [1.165, 1.54) is 40.5 Å². The molecule has 1 aliphatic rings. The predicted octanol–water partition coefficient (Wildman–Crippen LogP) is 1.79. The number of amides is 4. The molecule has 1 saturated heterocycles. The van der Waals surface area contributed by atoms with Crippen molar-refractivity contribution in [1.82, 2.24) is 9.80 Å². The van der Waals surface area contributed by atoms with Crippen molar-refractivity contribution in [3.05, 3.63) is 28.3 Å². The smallest absolute Gasteiger partial charge is 0.333 e. The van der Waals surface area contributed by atoms with Crippen molar-refractivity contribution in [2.75, 3.05) is 28.3 Å². The largest absolute Gasteiger partial charge is 0.493 e. The lowest BCUT2D eigenvalue weighted by molar-refractivity contribution is -0.134. The molecule has 2 rings (SSSR count). The van der Waals surface area contributed by atoms with Gasteiger partial charge in [-0.05, 0) is 23.8 Å². The fourth-order valence-electron chi connectivity index (χ4n) is 2.16. The van der Waals surface area contributed by atoms with E-state index in [1.807, 2.05) is 0 Å². The van der Waals surface area contributed by atoms with E-state index in [4.69, 9.17) is 21.1 Å². The Morgan fingerprint density at radius 1 is 1.00 bits per heavy atom. The number of ether oxygens (including phenoxy) is 2. The molecule has 23 heavy (non-hydrogen) atoms. The number of urea groups is 1. The van der Waals surface area contributed by atoms with Gasteiger partial charge in [-0.1, -0.05) is 11.6 Å². The fourth-order valence-corrected chi connectivity index (χ4v) is 2.46. The van der Waals surface area contributed by atoms with Crippen molar-refractivity contribution in [1.29, 1.82) is 0 Å². The molecule has 0 atom stereocenters. The number of barbiturate groups is 1. The molecule has 0 aliphatic carbocycles. The number of imide groups is 2. The minimum absolute atomic E-state index is 0.141. The minimum atomic E-state index is -0.678. The first-order chi connectivity index (χ1) is 10.8. The van der Waals surface area contributed by atoms with Crippen molar-refractivity contribution in [3.8, 4) is 11.5 Å². The van der Waals surface area contributed by atoms with Crippen LogP contribution in [0.4, 0.5) is 4.79 Å². The van der Waals surface area contributed by atoms with Gasteiger partial charge in [0.1, 0.15) is 5.57 Å². The summed E-state index contributed by atoms with van der Waals surface area (Å²) in [7, 11) is 5.51. The van der Waals surface area contributed by atoms with Gasteiger partial charge in [-0.2, -0.15) is 0 Å². The van der Waals surface area contributed by atoms with E-state index in [9.17, 15) is 14.4 Å². The zero-order chi connectivity index (χ0) is 17.3. The molecule has 1 aliphatic heterocycles. The first-order valence-electron chi connectivity index (χ1n) is 6.55. The van der Waals surface area contributed by atoms with E-state index in [-0.39, 0.29) is 10.6 Å². The second-order valence-electron chi connectivity index (χ2n) is 4.81. The number of benzene rings is 1. The van der Waals surface area contributed by atoms with Gasteiger partial charge in [-0.3, -0.25) is 19.4 Å². The van der Waals surface area contributed by atoms with E-state index in [0.717, 1.165) is 9.80 Å². The number of hydrogen-bond donors (Lipinski definition) is 0. The summed E-state index contributed by atoms with van der Waals surface area (Å²) in [5, 5.41) is 0.271. The highest BCUT2D eigenvalue weighted by molar-refractivity contribution is 6.33. The summed E-state index contributed by atoms with van der Waals surface area (Å²) in [6, 6.07) is 2.43. The third-order valence-corrected chi connectivity index (χ3v) is 3.69. The minimum Gasteiger partial charge on any atom is -0.493 e. The van der Waals surface area contributed by atoms with E-state index < -0.39 is 17.8 Å². The second-order valence-corrected chi connectivity index (χ2v) is 5.21. The van der Waals surface area contributed by atoms with Crippen LogP contribution in [0, 0.1) is 0 Å². The third kappa shape index (κ3) is 2.87. The van der Waals surface area contributed by atoms with Crippen LogP contribution < -0.4 is 9.47 Å². The van der Waals surface area contributed by atoms with Gasteiger partial charge in [0, 0.05) is 14.1 Å². The van der Waals surface area contributed by atoms with Crippen molar-refractivity contribution in [2.24, 2.45) is 0 Å². The van der Waals surface area contributed by atoms with Crippen molar-refractivity contribution in [3.63, 3.8) is 0 Å². The molecule has 1 heterocycles. The number of methoxy groups -OCH3 is 2. The zero-order valence-electron chi connectivity index (χ0n) is 13.0. The number of halogens is 1. The van der Waals surface area contributed by atoms with E-state index in [1.54, 1.807) is 6.07 Å². The lowest BCUT2D eigenvalue weighted by atomic mass is 10.1. The number of hydrogen-bond acceptors (Lipinski definition) is 5. The summed E-state index contributed by atoms with van der Waals surface area (Å²) in [6.07, 6.45) is 1.36. The molecule has 7 nitrogen and oxygen atoms in total. The average molecular weight is 339 g/mol. The molecular weight excluding hydrogens is 324 g/mol. The van der Waals surface area contributed by atoms with Gasteiger partial charge in [0.2, 0.25) is 0 Å². The maximum Gasteiger partial charge on any atom is 0.333 e. The van der Waals surface area contributed by atoms with Gasteiger partial charge < -0.3 is 9.47 Å². The summed E-state index contributed by atoms with van der Waals surface area (Å²) < 4.78 is 10.3. The summed E-state index contributed by atoms with van der Waals surface area (Å²) in [4.78, 5) is 37.8. The first kappa shape index (κ1) is 16.8. The Labute approximate surface area is 138 Å².